The Kier molecular flexibility index (Phi) is 8.12. The number of hydrogen-bond donors (Lipinski definition) is 2. The number of rotatable bonds is 3. The summed E-state index contributed by atoms with van der Waals surface area (Å²) in [5, 5.41) is 5.63. The van der Waals surface area contributed by atoms with Gasteiger partial charge in [0.15, 0.2) is 0 Å². The highest BCUT2D eigenvalue weighted by atomic mass is 16.5. The molecular weight excluding hydrogens is 424 g/mol. The summed E-state index contributed by atoms with van der Waals surface area (Å²) >= 11 is 0. The molecule has 3 amide bonds. The molecule has 2 aromatic rings. The van der Waals surface area contributed by atoms with Crippen molar-refractivity contribution in [1.82, 2.24) is 15.5 Å². The molecule has 0 fully saturated rings. The number of hydrogen-bond acceptors (Lipinski definition) is 6. The van der Waals surface area contributed by atoms with E-state index in [1.165, 1.54) is 12.0 Å². The summed E-state index contributed by atoms with van der Waals surface area (Å²) in [6.45, 7) is 0.981. The van der Waals surface area contributed by atoms with Gasteiger partial charge in [0.1, 0.15) is 18.1 Å². The first kappa shape index (κ1) is 23.9. The minimum atomic E-state index is -0.275. The maximum Gasteiger partial charge on any atom is 0.255 e. The van der Waals surface area contributed by atoms with Crippen molar-refractivity contribution in [3.8, 4) is 11.5 Å². The van der Waals surface area contributed by atoms with Gasteiger partial charge in [0.05, 0.1) is 25.8 Å². The van der Waals surface area contributed by atoms with Crippen LogP contribution in [0.1, 0.15) is 27.1 Å². The minimum absolute atomic E-state index is 0.0800. The highest BCUT2D eigenvalue weighted by Crippen LogP contribution is 2.25. The van der Waals surface area contributed by atoms with Gasteiger partial charge in [0, 0.05) is 44.5 Å². The Morgan fingerprint density at radius 3 is 2.67 bits per heavy atom. The summed E-state index contributed by atoms with van der Waals surface area (Å²) < 4.78 is 10.9. The van der Waals surface area contributed by atoms with E-state index in [2.05, 4.69) is 10.6 Å². The molecular formula is C24H30N4O5. The van der Waals surface area contributed by atoms with Gasteiger partial charge in [-0.2, -0.15) is 0 Å². The molecule has 2 N–H and O–H groups in total. The summed E-state index contributed by atoms with van der Waals surface area (Å²) in [4.78, 5) is 41.8. The Balaban J connectivity index is 1.75. The number of carbonyl (C=O) groups is 3. The van der Waals surface area contributed by atoms with Crippen LogP contribution in [0, 0.1) is 0 Å². The quantitative estimate of drug-likeness (QED) is 0.730. The fraction of sp³-hybridized carbons (Fsp3) is 0.375. The Labute approximate surface area is 193 Å². The highest BCUT2D eigenvalue weighted by Gasteiger charge is 2.20. The Morgan fingerprint density at radius 2 is 1.91 bits per heavy atom. The normalized spacial score (nSPS) is 15.3. The van der Waals surface area contributed by atoms with Crippen LogP contribution >= 0.6 is 0 Å². The molecule has 0 atom stereocenters. The summed E-state index contributed by atoms with van der Waals surface area (Å²) in [6.07, 6.45) is 0.491. The maximum absolute atomic E-state index is 13.2. The second-order valence-electron chi connectivity index (χ2n) is 7.84. The molecule has 3 rings (SSSR count). The molecule has 33 heavy (non-hydrogen) atoms. The van der Waals surface area contributed by atoms with E-state index < -0.39 is 0 Å². The van der Waals surface area contributed by atoms with Crippen LogP contribution in [0.2, 0.25) is 0 Å². The van der Waals surface area contributed by atoms with Crippen LogP contribution in [0.3, 0.4) is 0 Å². The van der Waals surface area contributed by atoms with Gasteiger partial charge in [-0.1, -0.05) is 6.07 Å². The zero-order valence-electron chi connectivity index (χ0n) is 19.2. The number of carbonyl (C=O) groups excluding carboxylic acids is 3. The number of benzene rings is 2. The van der Waals surface area contributed by atoms with Gasteiger partial charge in [0.25, 0.3) is 11.8 Å². The Bertz CT molecular complexity index is 1010. The number of ether oxygens (including phenoxy) is 2. The van der Waals surface area contributed by atoms with E-state index in [-0.39, 0.29) is 37.4 Å². The summed E-state index contributed by atoms with van der Waals surface area (Å²) in [5.41, 5.74) is 1.78. The van der Waals surface area contributed by atoms with Crippen molar-refractivity contribution in [2.75, 3.05) is 58.9 Å². The van der Waals surface area contributed by atoms with E-state index in [1.54, 1.807) is 30.3 Å². The molecule has 0 saturated carbocycles. The fourth-order valence-corrected chi connectivity index (χ4v) is 3.44. The molecule has 0 radical (unpaired) electrons. The number of amides is 3. The monoisotopic (exact) mass is 454 g/mol. The van der Waals surface area contributed by atoms with Crippen LogP contribution in [-0.2, 0) is 4.79 Å². The van der Waals surface area contributed by atoms with Crippen LogP contribution in [0.4, 0.5) is 5.69 Å². The van der Waals surface area contributed by atoms with Crippen molar-refractivity contribution in [2.45, 2.75) is 6.42 Å². The average Bonchev–Trinajstić information content (AvgIpc) is 2.82. The van der Waals surface area contributed by atoms with Crippen LogP contribution in [0.15, 0.2) is 42.5 Å². The van der Waals surface area contributed by atoms with Gasteiger partial charge in [0.2, 0.25) is 5.91 Å². The highest BCUT2D eigenvalue weighted by molar-refractivity contribution is 5.98. The van der Waals surface area contributed by atoms with Crippen LogP contribution < -0.4 is 25.0 Å². The lowest BCUT2D eigenvalue weighted by atomic mass is 10.1. The number of fused-ring (bicyclic) bond motifs is 1. The van der Waals surface area contributed by atoms with Gasteiger partial charge in [-0.3, -0.25) is 14.4 Å². The standard InChI is InChI=1S/C24H30N4O5/c1-27(2)18-7-4-6-17(14-18)24(31)28-12-5-10-26-23(30)20-9-8-19(32-3)15-21(20)33-13-11-25-22(29)16-28/h4,6-9,14-15H,5,10-13,16H2,1-3H3,(H,25,29)(H,26,30). The SMILES string of the molecule is COc1ccc2c(c1)OCCNC(=O)CN(C(=O)c1cccc(N(C)C)c1)CCCNC2=O. The fourth-order valence-electron chi connectivity index (χ4n) is 3.44. The second-order valence-corrected chi connectivity index (χ2v) is 7.84. The van der Waals surface area contributed by atoms with Crippen LogP contribution in [0.5, 0.6) is 11.5 Å². The number of methoxy groups -OCH3 is 1. The largest absolute Gasteiger partial charge is 0.497 e. The molecule has 9 nitrogen and oxygen atoms in total. The van der Waals surface area contributed by atoms with Crippen molar-refractivity contribution in [1.29, 1.82) is 0 Å². The van der Waals surface area contributed by atoms with Gasteiger partial charge in [-0.25, -0.2) is 0 Å². The lowest BCUT2D eigenvalue weighted by Crippen LogP contribution is -2.43. The Morgan fingerprint density at radius 1 is 1.09 bits per heavy atom. The van der Waals surface area contributed by atoms with E-state index in [4.69, 9.17) is 9.47 Å². The number of anilines is 1. The predicted octanol–water partition coefficient (Wildman–Crippen LogP) is 1.53. The average molecular weight is 455 g/mol. The molecule has 1 heterocycles. The Hall–Kier alpha value is -3.75. The molecule has 9 heteroatoms. The third kappa shape index (κ3) is 6.38. The van der Waals surface area contributed by atoms with E-state index in [0.717, 1.165) is 5.69 Å². The lowest BCUT2D eigenvalue weighted by Gasteiger charge is -2.24. The van der Waals surface area contributed by atoms with Crippen molar-refractivity contribution < 1.29 is 23.9 Å². The molecule has 0 aromatic heterocycles. The lowest BCUT2D eigenvalue weighted by molar-refractivity contribution is -0.121. The van der Waals surface area contributed by atoms with Crippen molar-refractivity contribution in [2.24, 2.45) is 0 Å². The van der Waals surface area contributed by atoms with E-state index in [0.29, 0.717) is 42.1 Å². The third-order valence-electron chi connectivity index (χ3n) is 5.24. The zero-order chi connectivity index (χ0) is 23.8. The van der Waals surface area contributed by atoms with Crippen molar-refractivity contribution in [3.05, 3.63) is 53.6 Å². The van der Waals surface area contributed by atoms with E-state index >= 15 is 0 Å². The predicted molar refractivity (Wildman–Crippen MR) is 125 cm³/mol. The smallest absolute Gasteiger partial charge is 0.255 e. The molecule has 1 aliphatic heterocycles. The molecule has 2 aromatic carbocycles. The van der Waals surface area contributed by atoms with Gasteiger partial charge in [-0.05, 0) is 36.8 Å². The molecule has 0 bridgehead atoms. The first-order valence-corrected chi connectivity index (χ1v) is 10.8. The molecule has 1 aliphatic rings. The number of nitrogens with one attached hydrogen (secondary N) is 2. The number of nitrogens with zero attached hydrogens (tertiary/aromatic N) is 2. The topological polar surface area (TPSA) is 100 Å². The minimum Gasteiger partial charge on any atom is -0.497 e. The summed E-state index contributed by atoms with van der Waals surface area (Å²) in [6, 6.07) is 12.2. The van der Waals surface area contributed by atoms with Gasteiger partial charge >= 0.3 is 0 Å². The van der Waals surface area contributed by atoms with E-state index in [9.17, 15) is 14.4 Å². The van der Waals surface area contributed by atoms with Crippen LogP contribution in [-0.4, -0.2) is 76.6 Å². The third-order valence-corrected chi connectivity index (χ3v) is 5.24. The molecule has 0 spiro atoms. The van der Waals surface area contributed by atoms with Crippen molar-refractivity contribution in [3.63, 3.8) is 0 Å². The maximum atomic E-state index is 13.2. The molecule has 0 unspecified atom stereocenters. The van der Waals surface area contributed by atoms with Gasteiger partial charge < -0.3 is 29.9 Å². The van der Waals surface area contributed by atoms with Crippen molar-refractivity contribution >= 4 is 23.4 Å². The molecule has 176 valence electrons. The summed E-state index contributed by atoms with van der Waals surface area (Å²) in [7, 11) is 5.34. The van der Waals surface area contributed by atoms with Crippen LogP contribution in [0.25, 0.3) is 0 Å². The van der Waals surface area contributed by atoms with Gasteiger partial charge in [-0.15, -0.1) is 0 Å². The molecule has 0 saturated heterocycles. The summed E-state index contributed by atoms with van der Waals surface area (Å²) in [5.74, 6) is 0.170. The molecule has 0 aliphatic carbocycles. The second kappa shape index (κ2) is 11.2. The first-order chi connectivity index (χ1) is 15.9. The first-order valence-electron chi connectivity index (χ1n) is 10.8. The zero-order valence-corrected chi connectivity index (χ0v) is 19.2. The van der Waals surface area contributed by atoms with E-state index in [1.807, 2.05) is 31.1 Å².